The van der Waals surface area contributed by atoms with E-state index in [1.54, 1.807) is 43.8 Å². The predicted octanol–water partition coefficient (Wildman–Crippen LogP) is 1.88. The summed E-state index contributed by atoms with van der Waals surface area (Å²) in [4.78, 5) is 16.2. The summed E-state index contributed by atoms with van der Waals surface area (Å²) in [6, 6.07) is 3.49. The highest BCUT2D eigenvalue weighted by Crippen LogP contribution is 2.27. The predicted molar refractivity (Wildman–Crippen MR) is 87.2 cm³/mol. The number of nitrogens with two attached hydrogens (primary N) is 1. The van der Waals surface area contributed by atoms with Crippen molar-refractivity contribution in [3.63, 3.8) is 0 Å². The molecule has 2 heterocycles. The summed E-state index contributed by atoms with van der Waals surface area (Å²) in [5.41, 5.74) is 8.67. The molecule has 2 aromatic heterocycles. The fourth-order valence-corrected chi connectivity index (χ4v) is 2.20. The van der Waals surface area contributed by atoms with Gasteiger partial charge in [0.15, 0.2) is 5.76 Å². The Morgan fingerprint density at radius 3 is 2.74 bits per heavy atom. The average Bonchev–Trinajstić information content (AvgIpc) is 2.58. The summed E-state index contributed by atoms with van der Waals surface area (Å²) in [5, 5.41) is 8.15. The van der Waals surface area contributed by atoms with Crippen molar-refractivity contribution in [3.8, 4) is 0 Å². The van der Waals surface area contributed by atoms with E-state index in [9.17, 15) is 0 Å². The topological polar surface area (TPSA) is 111 Å². The zero-order valence-corrected chi connectivity index (χ0v) is 12.4. The molecule has 0 saturated heterocycles. The molecule has 7 nitrogen and oxygen atoms in total. The van der Waals surface area contributed by atoms with Crippen LogP contribution < -0.4 is 5.73 Å². The molecule has 0 radical (unpaired) electrons. The molecule has 0 aliphatic heterocycles. The van der Waals surface area contributed by atoms with Gasteiger partial charge in [-0.05, 0) is 24.3 Å². The number of rotatable bonds is 3. The summed E-state index contributed by atoms with van der Waals surface area (Å²) in [7, 11) is 1.55. The Morgan fingerprint density at radius 1 is 1.17 bits per heavy atom. The molecular formula is C16H14N6O. The number of hydrogen-bond acceptors (Lipinski definition) is 7. The Morgan fingerprint density at radius 2 is 2.04 bits per heavy atom. The number of nitrogen functional groups attached to an aromatic ring is 1. The lowest BCUT2D eigenvalue weighted by atomic mass is 9.96. The van der Waals surface area contributed by atoms with E-state index in [0.717, 1.165) is 5.57 Å². The van der Waals surface area contributed by atoms with Crippen molar-refractivity contribution in [1.82, 2.24) is 19.9 Å². The van der Waals surface area contributed by atoms with Crippen LogP contribution in [0, 0.1) is 5.41 Å². The van der Waals surface area contributed by atoms with Gasteiger partial charge in [-0.25, -0.2) is 19.9 Å². The number of ether oxygens (including phenoxy) is 1. The van der Waals surface area contributed by atoms with Crippen LogP contribution in [-0.2, 0) is 4.74 Å². The largest absolute Gasteiger partial charge is 0.494 e. The van der Waals surface area contributed by atoms with Crippen LogP contribution >= 0.6 is 0 Å². The van der Waals surface area contributed by atoms with Crippen LogP contribution in [0.4, 0.5) is 5.95 Å². The molecule has 0 unspecified atom stereocenters. The van der Waals surface area contributed by atoms with Crippen LogP contribution in [0.1, 0.15) is 11.4 Å². The second-order valence-electron chi connectivity index (χ2n) is 4.69. The highest BCUT2D eigenvalue weighted by molar-refractivity contribution is 6.16. The molecule has 3 N–H and O–H groups in total. The van der Waals surface area contributed by atoms with Gasteiger partial charge in [0, 0.05) is 23.5 Å². The summed E-state index contributed by atoms with van der Waals surface area (Å²) < 4.78 is 5.47. The SMILES string of the molecule is CO/C(=C1/C=C(c2ccnc(N)n2)C=CC1=N)c1ccncn1. The van der Waals surface area contributed by atoms with E-state index in [0.29, 0.717) is 28.4 Å². The quantitative estimate of drug-likeness (QED) is 0.838. The number of nitrogens with zero attached hydrogens (tertiary/aromatic N) is 4. The zero-order valence-electron chi connectivity index (χ0n) is 12.4. The lowest BCUT2D eigenvalue weighted by Crippen LogP contribution is -2.07. The smallest absolute Gasteiger partial charge is 0.220 e. The first-order valence-electron chi connectivity index (χ1n) is 6.81. The first-order valence-corrected chi connectivity index (χ1v) is 6.81. The van der Waals surface area contributed by atoms with Crippen molar-refractivity contribution >= 4 is 23.0 Å². The molecule has 0 bridgehead atoms. The molecule has 7 heteroatoms. The third-order valence-corrected chi connectivity index (χ3v) is 3.25. The standard InChI is InChI=1S/C16H14N6O/c1-23-15(14-4-6-19-9-21-14)11-8-10(2-3-12(11)17)13-5-7-20-16(18)22-13/h2-9,17H,1H3,(H2,18,20,22)/b15-11-,17-12?. The second kappa shape index (κ2) is 6.18. The number of methoxy groups -OCH3 is 1. The van der Waals surface area contributed by atoms with E-state index >= 15 is 0 Å². The average molecular weight is 306 g/mol. The fraction of sp³-hybridized carbons (Fsp3) is 0.0625. The maximum atomic E-state index is 8.15. The zero-order chi connectivity index (χ0) is 16.2. The van der Waals surface area contributed by atoms with Gasteiger partial charge in [-0.3, -0.25) is 0 Å². The third-order valence-electron chi connectivity index (χ3n) is 3.25. The van der Waals surface area contributed by atoms with Gasteiger partial charge >= 0.3 is 0 Å². The normalized spacial score (nSPS) is 16.0. The monoisotopic (exact) mass is 306 g/mol. The summed E-state index contributed by atoms with van der Waals surface area (Å²) in [5.74, 6) is 0.701. The molecule has 3 rings (SSSR count). The summed E-state index contributed by atoms with van der Waals surface area (Å²) in [6.45, 7) is 0. The fourth-order valence-electron chi connectivity index (χ4n) is 2.20. The van der Waals surface area contributed by atoms with Gasteiger partial charge in [-0.1, -0.05) is 6.08 Å². The van der Waals surface area contributed by atoms with Crippen molar-refractivity contribution < 1.29 is 4.74 Å². The van der Waals surface area contributed by atoms with Gasteiger partial charge in [0.05, 0.1) is 18.5 Å². The highest BCUT2D eigenvalue weighted by Gasteiger charge is 2.17. The van der Waals surface area contributed by atoms with E-state index in [4.69, 9.17) is 15.9 Å². The molecule has 0 fully saturated rings. The lowest BCUT2D eigenvalue weighted by molar-refractivity contribution is 0.367. The maximum Gasteiger partial charge on any atom is 0.220 e. The summed E-state index contributed by atoms with van der Waals surface area (Å²) in [6.07, 6.45) is 9.97. The highest BCUT2D eigenvalue weighted by atomic mass is 16.5. The Labute approximate surface area is 132 Å². The lowest BCUT2D eigenvalue weighted by Gasteiger charge is -2.15. The van der Waals surface area contributed by atoms with Crippen molar-refractivity contribution in [2.45, 2.75) is 0 Å². The number of hydrogen-bond donors (Lipinski definition) is 2. The maximum absolute atomic E-state index is 8.15. The Kier molecular flexibility index (Phi) is 3.92. The third kappa shape index (κ3) is 2.98. The van der Waals surface area contributed by atoms with Gasteiger partial charge in [-0.15, -0.1) is 0 Å². The molecule has 2 aromatic rings. The van der Waals surface area contributed by atoms with Gasteiger partial charge in [0.1, 0.15) is 12.0 Å². The van der Waals surface area contributed by atoms with Crippen LogP contribution in [0.5, 0.6) is 0 Å². The number of aromatic nitrogens is 4. The Hall–Kier alpha value is -3.35. The van der Waals surface area contributed by atoms with E-state index in [1.165, 1.54) is 6.33 Å². The molecule has 0 saturated carbocycles. The number of allylic oxidation sites excluding steroid dienone is 5. The molecule has 0 spiro atoms. The number of nitrogens with one attached hydrogen (secondary N) is 1. The molecule has 1 aliphatic rings. The minimum atomic E-state index is 0.200. The van der Waals surface area contributed by atoms with E-state index in [1.807, 2.05) is 6.08 Å². The minimum absolute atomic E-state index is 0.200. The van der Waals surface area contributed by atoms with Gasteiger partial charge < -0.3 is 15.9 Å². The second-order valence-corrected chi connectivity index (χ2v) is 4.69. The van der Waals surface area contributed by atoms with Crippen LogP contribution in [0.3, 0.4) is 0 Å². The molecule has 0 aromatic carbocycles. The molecule has 1 aliphatic carbocycles. The van der Waals surface area contributed by atoms with Crippen molar-refractivity contribution in [2.75, 3.05) is 12.8 Å². The molecule has 0 atom stereocenters. The van der Waals surface area contributed by atoms with Crippen molar-refractivity contribution in [1.29, 1.82) is 5.41 Å². The Bertz CT molecular complexity index is 839. The van der Waals surface area contributed by atoms with Gasteiger partial charge in [0.25, 0.3) is 0 Å². The summed E-state index contributed by atoms with van der Waals surface area (Å²) >= 11 is 0. The van der Waals surface area contributed by atoms with Gasteiger partial charge in [-0.2, -0.15) is 0 Å². The van der Waals surface area contributed by atoms with Crippen LogP contribution in [-0.4, -0.2) is 32.8 Å². The van der Waals surface area contributed by atoms with Crippen molar-refractivity contribution in [2.24, 2.45) is 0 Å². The minimum Gasteiger partial charge on any atom is -0.494 e. The molecule has 0 amide bonds. The molecular weight excluding hydrogens is 292 g/mol. The van der Waals surface area contributed by atoms with Crippen LogP contribution in [0.15, 0.2) is 54.7 Å². The van der Waals surface area contributed by atoms with Crippen molar-refractivity contribution in [3.05, 3.63) is 66.0 Å². The molecule has 23 heavy (non-hydrogen) atoms. The van der Waals surface area contributed by atoms with E-state index < -0.39 is 0 Å². The van der Waals surface area contributed by atoms with E-state index in [-0.39, 0.29) is 5.95 Å². The van der Waals surface area contributed by atoms with E-state index in [2.05, 4.69) is 19.9 Å². The van der Waals surface area contributed by atoms with Crippen LogP contribution in [0.2, 0.25) is 0 Å². The molecule has 114 valence electrons. The van der Waals surface area contributed by atoms with Gasteiger partial charge in [0.2, 0.25) is 5.95 Å². The first-order chi connectivity index (χ1) is 11.2. The van der Waals surface area contributed by atoms with Crippen LogP contribution in [0.25, 0.3) is 11.3 Å². The number of anilines is 1. The Balaban J connectivity index is 2.12. The first kappa shape index (κ1) is 14.6.